The first kappa shape index (κ1) is 9.71. The number of fused-ring (bicyclic) bond motifs is 1. The summed E-state index contributed by atoms with van der Waals surface area (Å²) >= 11 is 0. The second kappa shape index (κ2) is 4.13. The molecule has 3 heteroatoms. The first-order chi connectivity index (χ1) is 6.77. The average molecular weight is 196 g/mol. The van der Waals surface area contributed by atoms with Gasteiger partial charge in [0.1, 0.15) is 0 Å². The van der Waals surface area contributed by atoms with E-state index < -0.39 is 5.97 Å². The largest absolute Gasteiger partial charge is 0.481 e. The molecule has 0 spiro atoms. The highest BCUT2D eigenvalue weighted by Crippen LogP contribution is 2.38. The lowest BCUT2D eigenvalue weighted by molar-refractivity contribution is -0.196. The fraction of sp³-hybridized carbons (Fsp3) is 0.727. The van der Waals surface area contributed by atoms with Crippen molar-refractivity contribution in [2.45, 2.75) is 44.3 Å². The van der Waals surface area contributed by atoms with Gasteiger partial charge in [-0.05, 0) is 25.7 Å². The van der Waals surface area contributed by atoms with E-state index in [1.54, 1.807) is 0 Å². The molecule has 78 valence electrons. The Morgan fingerprint density at radius 3 is 2.79 bits per heavy atom. The summed E-state index contributed by atoms with van der Waals surface area (Å²) in [5, 5.41) is 8.67. The topological polar surface area (TPSA) is 46.5 Å². The molecule has 1 aliphatic heterocycles. The molecule has 1 fully saturated rings. The van der Waals surface area contributed by atoms with E-state index in [4.69, 9.17) is 9.84 Å². The van der Waals surface area contributed by atoms with Gasteiger partial charge in [0.25, 0.3) is 0 Å². The van der Waals surface area contributed by atoms with Crippen molar-refractivity contribution in [3.63, 3.8) is 0 Å². The van der Waals surface area contributed by atoms with Crippen LogP contribution in [0.5, 0.6) is 0 Å². The van der Waals surface area contributed by atoms with Crippen molar-refractivity contribution < 1.29 is 14.6 Å². The maximum absolute atomic E-state index is 10.5. The molecule has 0 aromatic carbocycles. The molecule has 1 aliphatic carbocycles. The second-order valence-corrected chi connectivity index (χ2v) is 4.10. The van der Waals surface area contributed by atoms with Gasteiger partial charge in [0, 0.05) is 5.92 Å². The lowest BCUT2D eigenvalue weighted by Gasteiger charge is -2.45. The minimum Gasteiger partial charge on any atom is -0.481 e. The number of allylic oxidation sites excluding steroid dienone is 2. The first-order valence-electron chi connectivity index (χ1n) is 5.29. The van der Waals surface area contributed by atoms with Gasteiger partial charge in [-0.2, -0.15) is 0 Å². The smallest absolute Gasteiger partial charge is 0.305 e. The summed E-state index contributed by atoms with van der Waals surface area (Å²) < 4.78 is 5.57. The summed E-state index contributed by atoms with van der Waals surface area (Å²) in [6.45, 7) is 0. The number of rotatable bonds is 2. The van der Waals surface area contributed by atoms with Gasteiger partial charge in [0.2, 0.25) is 0 Å². The minimum atomic E-state index is -0.744. The van der Waals surface area contributed by atoms with Crippen LogP contribution in [0.3, 0.4) is 0 Å². The highest BCUT2D eigenvalue weighted by atomic mass is 16.5. The average Bonchev–Trinajstić information content (AvgIpc) is 2.08. The molecule has 3 nitrogen and oxygen atoms in total. The molecule has 2 aliphatic rings. The van der Waals surface area contributed by atoms with E-state index in [-0.39, 0.29) is 12.5 Å². The van der Waals surface area contributed by atoms with Crippen molar-refractivity contribution in [2.75, 3.05) is 0 Å². The maximum Gasteiger partial charge on any atom is 0.305 e. The normalized spacial score (nSPS) is 38.7. The van der Waals surface area contributed by atoms with Crippen LogP contribution in [0.15, 0.2) is 12.2 Å². The molecule has 1 saturated heterocycles. The molecule has 3 unspecified atom stereocenters. The van der Waals surface area contributed by atoms with Crippen LogP contribution < -0.4 is 0 Å². The van der Waals surface area contributed by atoms with Gasteiger partial charge >= 0.3 is 5.97 Å². The van der Waals surface area contributed by atoms with Crippen LogP contribution in [0, 0.1) is 5.92 Å². The van der Waals surface area contributed by atoms with Gasteiger partial charge in [-0.15, -0.1) is 0 Å². The molecule has 2 rings (SSSR count). The summed E-state index contributed by atoms with van der Waals surface area (Å²) in [6, 6.07) is 0. The molecular weight excluding hydrogens is 180 g/mol. The van der Waals surface area contributed by atoms with Gasteiger partial charge < -0.3 is 9.84 Å². The number of carboxylic acid groups (broad SMARTS) is 1. The number of carboxylic acids is 1. The third kappa shape index (κ3) is 1.98. The number of hydrogen-bond donors (Lipinski definition) is 1. The SMILES string of the molecule is O=C(O)CC1OC2CC/C=C/CCC21. The maximum atomic E-state index is 10.5. The molecule has 1 heterocycles. The molecule has 14 heavy (non-hydrogen) atoms. The van der Waals surface area contributed by atoms with E-state index in [0.717, 1.165) is 25.7 Å². The summed E-state index contributed by atoms with van der Waals surface area (Å²) in [7, 11) is 0. The molecule has 0 radical (unpaired) electrons. The lowest BCUT2D eigenvalue weighted by Crippen LogP contribution is -2.49. The fourth-order valence-corrected chi connectivity index (χ4v) is 2.39. The Hall–Kier alpha value is -0.830. The molecular formula is C11H16O3. The van der Waals surface area contributed by atoms with E-state index in [1.807, 2.05) is 0 Å². The van der Waals surface area contributed by atoms with Gasteiger partial charge in [0.15, 0.2) is 0 Å². The van der Waals surface area contributed by atoms with Crippen LogP contribution in [-0.2, 0) is 9.53 Å². The lowest BCUT2D eigenvalue weighted by atomic mass is 9.80. The molecule has 1 N–H and O–H groups in total. The molecule has 0 bridgehead atoms. The number of ether oxygens (including phenoxy) is 1. The van der Waals surface area contributed by atoms with Crippen molar-refractivity contribution in [1.29, 1.82) is 0 Å². The predicted octanol–water partition coefficient (Wildman–Crippen LogP) is 1.97. The molecule has 3 atom stereocenters. The third-order valence-corrected chi connectivity index (χ3v) is 3.13. The first-order valence-corrected chi connectivity index (χ1v) is 5.29. The number of hydrogen-bond acceptors (Lipinski definition) is 2. The summed E-state index contributed by atoms with van der Waals surface area (Å²) in [5.74, 6) is -0.262. The van der Waals surface area contributed by atoms with Crippen molar-refractivity contribution in [2.24, 2.45) is 5.92 Å². The Labute approximate surface area is 83.8 Å². The van der Waals surface area contributed by atoms with Crippen LogP contribution in [0.1, 0.15) is 32.1 Å². The Bertz CT molecular complexity index is 247. The molecule has 0 amide bonds. The highest BCUT2D eigenvalue weighted by Gasteiger charge is 2.42. The number of aliphatic carboxylic acids is 1. The van der Waals surface area contributed by atoms with Crippen LogP contribution in [0.25, 0.3) is 0 Å². The molecule has 0 aromatic rings. The van der Waals surface area contributed by atoms with E-state index in [1.165, 1.54) is 0 Å². The highest BCUT2D eigenvalue weighted by molar-refractivity contribution is 5.67. The van der Waals surface area contributed by atoms with Crippen molar-refractivity contribution in [1.82, 2.24) is 0 Å². The van der Waals surface area contributed by atoms with E-state index in [0.29, 0.717) is 12.0 Å². The van der Waals surface area contributed by atoms with E-state index >= 15 is 0 Å². The third-order valence-electron chi connectivity index (χ3n) is 3.13. The Morgan fingerprint density at radius 1 is 1.36 bits per heavy atom. The van der Waals surface area contributed by atoms with Crippen molar-refractivity contribution in [3.8, 4) is 0 Å². The molecule has 0 saturated carbocycles. The van der Waals surface area contributed by atoms with Crippen molar-refractivity contribution in [3.05, 3.63) is 12.2 Å². The standard InChI is InChI=1S/C11H16O3/c12-11(13)7-10-8-5-3-1-2-4-6-9(8)14-10/h1-2,8-10H,3-7H2,(H,12,13)/b2-1+. The quantitative estimate of drug-likeness (QED) is 0.687. The van der Waals surface area contributed by atoms with Crippen molar-refractivity contribution >= 4 is 5.97 Å². The zero-order valence-corrected chi connectivity index (χ0v) is 8.19. The van der Waals surface area contributed by atoms with Gasteiger partial charge in [0.05, 0.1) is 18.6 Å². The van der Waals surface area contributed by atoms with Crippen LogP contribution >= 0.6 is 0 Å². The van der Waals surface area contributed by atoms with E-state index in [2.05, 4.69) is 12.2 Å². The summed E-state index contributed by atoms with van der Waals surface area (Å²) in [4.78, 5) is 10.5. The summed E-state index contributed by atoms with van der Waals surface area (Å²) in [5.41, 5.74) is 0. The Balaban J connectivity index is 1.89. The summed E-state index contributed by atoms with van der Waals surface area (Å²) in [6.07, 6.45) is 9.15. The fourth-order valence-electron chi connectivity index (χ4n) is 2.39. The van der Waals surface area contributed by atoms with Gasteiger partial charge in [-0.1, -0.05) is 12.2 Å². The molecule has 0 aromatic heterocycles. The Kier molecular flexibility index (Phi) is 2.87. The number of carbonyl (C=O) groups is 1. The zero-order valence-electron chi connectivity index (χ0n) is 8.19. The Morgan fingerprint density at radius 2 is 2.07 bits per heavy atom. The van der Waals surface area contributed by atoms with Gasteiger partial charge in [-0.25, -0.2) is 0 Å². The zero-order chi connectivity index (χ0) is 9.97. The minimum absolute atomic E-state index is 0.0241. The van der Waals surface area contributed by atoms with E-state index in [9.17, 15) is 4.79 Å². The predicted molar refractivity (Wildman–Crippen MR) is 52.0 cm³/mol. The van der Waals surface area contributed by atoms with Crippen LogP contribution in [-0.4, -0.2) is 23.3 Å². The van der Waals surface area contributed by atoms with Gasteiger partial charge in [-0.3, -0.25) is 4.79 Å². The monoisotopic (exact) mass is 196 g/mol. The second-order valence-electron chi connectivity index (χ2n) is 4.10. The van der Waals surface area contributed by atoms with Crippen LogP contribution in [0.2, 0.25) is 0 Å². The van der Waals surface area contributed by atoms with Crippen LogP contribution in [0.4, 0.5) is 0 Å².